The predicted molar refractivity (Wildman–Crippen MR) is 105 cm³/mol. The summed E-state index contributed by atoms with van der Waals surface area (Å²) in [5.41, 5.74) is 4.59. The summed E-state index contributed by atoms with van der Waals surface area (Å²) in [6.45, 7) is 1.66. The Morgan fingerprint density at radius 1 is 1.24 bits per heavy atom. The van der Waals surface area contributed by atoms with Crippen molar-refractivity contribution in [1.82, 2.24) is 10.4 Å². The summed E-state index contributed by atoms with van der Waals surface area (Å²) in [5.74, 6) is 0.724. The number of aryl methyl sites for hydroxylation is 1. The number of hydrazone groups is 1. The van der Waals surface area contributed by atoms with Crippen LogP contribution in [0, 0.1) is 18.3 Å². The number of hydrogen-bond acceptors (Lipinski definition) is 8. The highest BCUT2D eigenvalue weighted by Crippen LogP contribution is 2.26. The van der Waals surface area contributed by atoms with Crippen molar-refractivity contribution in [1.29, 1.82) is 5.26 Å². The molecule has 0 bridgehead atoms. The molecular weight excluding hydrogens is 376 g/mol. The Labute approximate surface area is 168 Å². The van der Waals surface area contributed by atoms with Gasteiger partial charge in [-0.05, 0) is 36.8 Å². The number of carbonyl (C=O) groups is 1. The average molecular weight is 398 g/mol. The number of nitrogens with zero attached hydrogens (tertiary/aromatic N) is 3. The summed E-state index contributed by atoms with van der Waals surface area (Å²) in [5, 5.41) is 13.2. The van der Waals surface area contributed by atoms with E-state index in [1.54, 1.807) is 38.3 Å². The van der Waals surface area contributed by atoms with Crippen LogP contribution in [0.25, 0.3) is 0 Å². The number of ether oxygens (including phenoxy) is 4. The van der Waals surface area contributed by atoms with Gasteiger partial charge in [-0.1, -0.05) is 0 Å². The van der Waals surface area contributed by atoms with E-state index in [0.29, 0.717) is 28.3 Å². The molecule has 0 saturated heterocycles. The Morgan fingerprint density at radius 2 is 2.00 bits per heavy atom. The second-order valence-electron chi connectivity index (χ2n) is 5.84. The van der Waals surface area contributed by atoms with Crippen molar-refractivity contribution >= 4 is 12.1 Å². The first kappa shape index (κ1) is 21.7. The minimum atomic E-state index is -0.498. The third kappa shape index (κ3) is 5.92. The summed E-state index contributed by atoms with van der Waals surface area (Å²) < 4.78 is 20.9. The maximum atomic E-state index is 12.0. The minimum Gasteiger partial charge on any atom is -0.493 e. The maximum Gasteiger partial charge on any atom is 0.278 e. The predicted octanol–water partition coefficient (Wildman–Crippen LogP) is 1.95. The van der Waals surface area contributed by atoms with Gasteiger partial charge in [-0.3, -0.25) is 4.79 Å². The zero-order chi connectivity index (χ0) is 21.2. The van der Waals surface area contributed by atoms with E-state index in [4.69, 9.17) is 18.9 Å². The molecule has 0 aliphatic carbocycles. The molecule has 152 valence electrons. The number of carbonyl (C=O) groups excluding carboxylic acids is 1. The van der Waals surface area contributed by atoms with Gasteiger partial charge in [0.15, 0.2) is 18.1 Å². The third-order valence-corrected chi connectivity index (χ3v) is 3.76. The molecule has 0 aliphatic heterocycles. The van der Waals surface area contributed by atoms with Crippen molar-refractivity contribution in [2.24, 2.45) is 5.10 Å². The Balaban J connectivity index is 1.99. The van der Waals surface area contributed by atoms with Crippen LogP contribution in [0.3, 0.4) is 0 Å². The smallest absolute Gasteiger partial charge is 0.278 e. The number of nitrogens with one attached hydrogen (secondary N) is 1. The SMILES string of the molecule is COCc1cc(C)nc(OCC(=O)NN=Cc2ccc(OC)c(OC)c2)c1C#N. The van der Waals surface area contributed by atoms with Gasteiger partial charge in [-0.25, -0.2) is 10.4 Å². The molecule has 0 unspecified atom stereocenters. The van der Waals surface area contributed by atoms with Gasteiger partial charge in [-0.15, -0.1) is 0 Å². The lowest BCUT2D eigenvalue weighted by atomic mass is 10.1. The topological polar surface area (TPSA) is 115 Å². The van der Waals surface area contributed by atoms with E-state index in [-0.39, 0.29) is 24.7 Å². The first-order valence-electron chi connectivity index (χ1n) is 8.58. The number of amides is 1. The van der Waals surface area contributed by atoms with Gasteiger partial charge in [0.25, 0.3) is 5.91 Å². The average Bonchev–Trinajstić information content (AvgIpc) is 2.72. The summed E-state index contributed by atoms with van der Waals surface area (Å²) in [7, 11) is 4.61. The molecule has 29 heavy (non-hydrogen) atoms. The standard InChI is InChI=1S/C20H22N4O5/c1-13-7-15(11-26-2)16(9-21)20(23-13)29-12-19(25)24-22-10-14-5-6-17(27-3)18(8-14)28-4/h5-8,10H,11-12H2,1-4H3,(H,24,25). The van der Waals surface area contributed by atoms with Gasteiger partial charge in [-0.2, -0.15) is 10.4 Å². The lowest BCUT2D eigenvalue weighted by Gasteiger charge is -2.10. The van der Waals surface area contributed by atoms with Crippen molar-refractivity contribution in [3.63, 3.8) is 0 Å². The summed E-state index contributed by atoms with van der Waals surface area (Å²) >= 11 is 0. The number of hydrogen-bond donors (Lipinski definition) is 1. The first-order chi connectivity index (χ1) is 14.0. The van der Waals surface area contributed by atoms with Crippen molar-refractivity contribution in [3.8, 4) is 23.4 Å². The van der Waals surface area contributed by atoms with Crippen LogP contribution in [0.2, 0.25) is 0 Å². The molecule has 0 spiro atoms. The van der Waals surface area contributed by atoms with Gasteiger partial charge >= 0.3 is 0 Å². The molecule has 0 atom stereocenters. The fourth-order valence-corrected chi connectivity index (χ4v) is 2.48. The second-order valence-corrected chi connectivity index (χ2v) is 5.84. The molecule has 2 aromatic rings. The van der Waals surface area contributed by atoms with Gasteiger partial charge in [0.05, 0.1) is 27.0 Å². The fraction of sp³-hybridized carbons (Fsp3) is 0.300. The molecule has 1 N–H and O–H groups in total. The highest BCUT2D eigenvalue weighted by Gasteiger charge is 2.14. The van der Waals surface area contributed by atoms with E-state index in [1.807, 2.05) is 6.07 Å². The van der Waals surface area contributed by atoms with Gasteiger partial charge in [0, 0.05) is 18.4 Å². The Morgan fingerprint density at radius 3 is 2.66 bits per heavy atom. The van der Waals surface area contributed by atoms with Gasteiger partial charge < -0.3 is 18.9 Å². The van der Waals surface area contributed by atoms with Crippen molar-refractivity contribution < 1.29 is 23.7 Å². The van der Waals surface area contributed by atoms with E-state index in [1.165, 1.54) is 20.4 Å². The largest absolute Gasteiger partial charge is 0.493 e. The van der Waals surface area contributed by atoms with E-state index >= 15 is 0 Å². The van der Waals surface area contributed by atoms with E-state index in [2.05, 4.69) is 15.5 Å². The zero-order valence-corrected chi connectivity index (χ0v) is 16.7. The highest BCUT2D eigenvalue weighted by molar-refractivity contribution is 5.83. The number of pyridine rings is 1. The van der Waals surface area contributed by atoms with Crippen LogP contribution in [0.1, 0.15) is 22.4 Å². The van der Waals surface area contributed by atoms with Crippen LogP contribution >= 0.6 is 0 Å². The monoisotopic (exact) mass is 398 g/mol. The van der Waals surface area contributed by atoms with Crippen molar-refractivity contribution in [2.45, 2.75) is 13.5 Å². The second kappa shape index (κ2) is 10.6. The number of benzene rings is 1. The van der Waals surface area contributed by atoms with Gasteiger partial charge in [0.1, 0.15) is 11.6 Å². The van der Waals surface area contributed by atoms with Crippen LogP contribution in [0.15, 0.2) is 29.4 Å². The molecule has 2 rings (SSSR count). The lowest BCUT2D eigenvalue weighted by molar-refractivity contribution is -0.123. The molecule has 0 aliphatic rings. The van der Waals surface area contributed by atoms with Crippen LogP contribution in [-0.2, 0) is 16.1 Å². The Hall–Kier alpha value is -3.64. The van der Waals surface area contributed by atoms with Gasteiger partial charge in [0.2, 0.25) is 5.88 Å². The lowest BCUT2D eigenvalue weighted by Crippen LogP contribution is -2.25. The number of methoxy groups -OCH3 is 3. The van der Waals surface area contributed by atoms with E-state index in [9.17, 15) is 10.1 Å². The van der Waals surface area contributed by atoms with E-state index < -0.39 is 5.91 Å². The molecule has 0 radical (unpaired) electrons. The summed E-state index contributed by atoms with van der Waals surface area (Å²) in [6, 6.07) is 8.99. The normalized spacial score (nSPS) is 10.4. The van der Waals surface area contributed by atoms with Crippen molar-refractivity contribution in [2.75, 3.05) is 27.9 Å². The fourth-order valence-electron chi connectivity index (χ4n) is 2.48. The third-order valence-electron chi connectivity index (χ3n) is 3.76. The molecule has 9 heteroatoms. The minimum absolute atomic E-state index is 0.0820. The maximum absolute atomic E-state index is 12.0. The molecule has 0 saturated carbocycles. The number of aromatic nitrogens is 1. The first-order valence-corrected chi connectivity index (χ1v) is 8.58. The zero-order valence-electron chi connectivity index (χ0n) is 16.7. The Bertz CT molecular complexity index is 937. The van der Waals surface area contributed by atoms with Crippen LogP contribution in [0.5, 0.6) is 17.4 Å². The van der Waals surface area contributed by atoms with Crippen LogP contribution in [0.4, 0.5) is 0 Å². The van der Waals surface area contributed by atoms with Crippen LogP contribution in [-0.4, -0.2) is 45.0 Å². The summed E-state index contributed by atoms with van der Waals surface area (Å²) in [6.07, 6.45) is 1.46. The van der Waals surface area contributed by atoms with Crippen LogP contribution < -0.4 is 19.6 Å². The van der Waals surface area contributed by atoms with E-state index in [0.717, 1.165) is 0 Å². The molecule has 0 fully saturated rings. The van der Waals surface area contributed by atoms with Crippen molar-refractivity contribution in [3.05, 3.63) is 46.6 Å². The molecule has 1 heterocycles. The Kier molecular flexibility index (Phi) is 7.94. The molecule has 1 aromatic heterocycles. The molecule has 1 aromatic carbocycles. The molecular formula is C20H22N4O5. The summed E-state index contributed by atoms with van der Waals surface area (Å²) in [4.78, 5) is 16.2. The number of nitriles is 1. The molecule has 9 nitrogen and oxygen atoms in total. The molecule has 1 amide bonds. The highest BCUT2D eigenvalue weighted by atomic mass is 16.5. The quantitative estimate of drug-likeness (QED) is 0.507. The number of rotatable bonds is 9.